The molecule has 0 aliphatic heterocycles. The van der Waals surface area contributed by atoms with Crippen LogP contribution in [0.2, 0.25) is 0 Å². The molecule has 0 aromatic carbocycles. The second-order valence-electron chi connectivity index (χ2n) is 4.59. The quantitative estimate of drug-likeness (QED) is 0.758. The lowest BCUT2D eigenvalue weighted by atomic mass is 10.1. The van der Waals surface area contributed by atoms with E-state index in [-0.39, 0.29) is 11.8 Å². The molecule has 1 atom stereocenters. The molecule has 1 unspecified atom stereocenters. The molecular formula is C14H22N2O. The van der Waals surface area contributed by atoms with Crippen molar-refractivity contribution in [1.82, 2.24) is 9.88 Å². The predicted molar refractivity (Wildman–Crippen MR) is 69.8 cm³/mol. The number of pyridine rings is 1. The summed E-state index contributed by atoms with van der Waals surface area (Å²) >= 11 is 0. The van der Waals surface area contributed by atoms with Gasteiger partial charge >= 0.3 is 0 Å². The van der Waals surface area contributed by atoms with Crippen molar-refractivity contribution < 1.29 is 4.79 Å². The van der Waals surface area contributed by atoms with Gasteiger partial charge in [-0.1, -0.05) is 13.0 Å². The summed E-state index contributed by atoms with van der Waals surface area (Å²) in [6.45, 7) is 9.61. The van der Waals surface area contributed by atoms with Crippen molar-refractivity contribution in [3.05, 3.63) is 29.6 Å². The highest BCUT2D eigenvalue weighted by Gasteiger charge is 2.14. The van der Waals surface area contributed by atoms with Gasteiger partial charge < -0.3 is 0 Å². The van der Waals surface area contributed by atoms with Crippen LogP contribution in [0.25, 0.3) is 0 Å². The van der Waals surface area contributed by atoms with E-state index in [1.165, 1.54) is 0 Å². The lowest BCUT2D eigenvalue weighted by molar-refractivity contribution is -0.118. The number of aryl methyl sites for hydroxylation is 1. The molecule has 0 bridgehead atoms. The fraction of sp³-hybridized carbons (Fsp3) is 0.571. The van der Waals surface area contributed by atoms with E-state index in [0.29, 0.717) is 6.42 Å². The topological polar surface area (TPSA) is 33.2 Å². The fourth-order valence-corrected chi connectivity index (χ4v) is 2.02. The second kappa shape index (κ2) is 6.50. The van der Waals surface area contributed by atoms with E-state index >= 15 is 0 Å². The number of aromatic nitrogens is 1. The first-order valence-corrected chi connectivity index (χ1v) is 6.19. The zero-order valence-corrected chi connectivity index (χ0v) is 11.2. The van der Waals surface area contributed by atoms with Crippen LogP contribution in [0.3, 0.4) is 0 Å². The third-order valence-electron chi connectivity index (χ3n) is 2.92. The molecule has 0 N–H and O–H groups in total. The Hall–Kier alpha value is -1.22. The van der Waals surface area contributed by atoms with Gasteiger partial charge in [0.05, 0.1) is 5.69 Å². The normalized spacial score (nSPS) is 12.8. The van der Waals surface area contributed by atoms with Gasteiger partial charge in [0, 0.05) is 24.7 Å². The van der Waals surface area contributed by atoms with Gasteiger partial charge in [-0.2, -0.15) is 0 Å². The Labute approximate surface area is 104 Å². The summed E-state index contributed by atoms with van der Waals surface area (Å²) in [6.07, 6.45) is 0.611. The van der Waals surface area contributed by atoms with Crippen molar-refractivity contribution in [2.24, 2.45) is 0 Å². The Balaban J connectivity index is 2.66. The molecule has 0 saturated heterocycles. The third-order valence-corrected chi connectivity index (χ3v) is 2.92. The first-order chi connectivity index (χ1) is 8.02. The molecule has 0 saturated carbocycles. The number of hydrogen-bond donors (Lipinski definition) is 0. The van der Waals surface area contributed by atoms with E-state index in [1.54, 1.807) is 6.92 Å². The van der Waals surface area contributed by atoms with Crippen molar-refractivity contribution in [2.45, 2.75) is 46.7 Å². The highest BCUT2D eigenvalue weighted by atomic mass is 16.1. The maximum absolute atomic E-state index is 11.1. The summed E-state index contributed by atoms with van der Waals surface area (Å²) in [7, 11) is 0. The number of carbonyl (C=O) groups excluding carboxylic acids is 1. The highest BCUT2D eigenvalue weighted by Crippen LogP contribution is 2.09. The Morgan fingerprint density at radius 2 is 2.18 bits per heavy atom. The largest absolute Gasteiger partial charge is 0.300 e. The minimum atomic E-state index is 0.244. The number of rotatable bonds is 6. The summed E-state index contributed by atoms with van der Waals surface area (Å²) < 4.78 is 0. The molecule has 17 heavy (non-hydrogen) atoms. The molecule has 0 spiro atoms. The second-order valence-corrected chi connectivity index (χ2v) is 4.59. The van der Waals surface area contributed by atoms with Gasteiger partial charge in [0.1, 0.15) is 5.78 Å². The van der Waals surface area contributed by atoms with Crippen LogP contribution >= 0.6 is 0 Å². The monoisotopic (exact) mass is 234 g/mol. The molecule has 3 nitrogen and oxygen atoms in total. The lowest BCUT2D eigenvalue weighted by Crippen LogP contribution is -2.34. The average molecular weight is 234 g/mol. The van der Waals surface area contributed by atoms with Gasteiger partial charge in [0.2, 0.25) is 0 Å². The minimum absolute atomic E-state index is 0.244. The standard InChI is InChI=1S/C14H22N2O/c1-5-16(12(3)9-13(4)17)10-14-8-6-7-11(2)15-14/h6-8,12H,5,9-10H2,1-4H3. The summed E-state index contributed by atoms with van der Waals surface area (Å²) in [5, 5.41) is 0. The number of carbonyl (C=O) groups is 1. The number of nitrogens with zero attached hydrogens (tertiary/aromatic N) is 2. The first-order valence-electron chi connectivity index (χ1n) is 6.19. The van der Waals surface area contributed by atoms with Crippen LogP contribution in [0.4, 0.5) is 0 Å². The maximum Gasteiger partial charge on any atom is 0.131 e. The van der Waals surface area contributed by atoms with Crippen molar-refractivity contribution in [3.63, 3.8) is 0 Å². The van der Waals surface area contributed by atoms with E-state index in [9.17, 15) is 4.79 Å². The van der Waals surface area contributed by atoms with Gasteiger partial charge in [0.25, 0.3) is 0 Å². The molecule has 0 amide bonds. The average Bonchev–Trinajstić information content (AvgIpc) is 2.24. The highest BCUT2D eigenvalue weighted by molar-refractivity contribution is 5.76. The summed E-state index contributed by atoms with van der Waals surface area (Å²) in [6, 6.07) is 6.34. The lowest BCUT2D eigenvalue weighted by Gasteiger charge is -2.26. The van der Waals surface area contributed by atoms with E-state index in [1.807, 2.05) is 25.1 Å². The summed E-state index contributed by atoms with van der Waals surface area (Å²) in [5.74, 6) is 0.244. The summed E-state index contributed by atoms with van der Waals surface area (Å²) in [4.78, 5) is 17.9. The summed E-state index contributed by atoms with van der Waals surface area (Å²) in [5.41, 5.74) is 2.11. The van der Waals surface area contributed by atoms with Gasteiger partial charge in [-0.25, -0.2) is 0 Å². The van der Waals surface area contributed by atoms with Crippen LogP contribution in [0.15, 0.2) is 18.2 Å². The van der Waals surface area contributed by atoms with Crippen LogP contribution in [0.1, 0.15) is 38.6 Å². The van der Waals surface area contributed by atoms with Gasteiger partial charge in [-0.15, -0.1) is 0 Å². The number of Topliss-reactive ketones (excluding diaryl/α,β-unsaturated/α-hetero) is 1. The molecule has 1 rings (SSSR count). The van der Waals surface area contributed by atoms with Gasteiger partial charge in [0.15, 0.2) is 0 Å². The Kier molecular flexibility index (Phi) is 5.29. The van der Waals surface area contributed by atoms with Crippen molar-refractivity contribution >= 4 is 5.78 Å². The zero-order valence-electron chi connectivity index (χ0n) is 11.2. The molecule has 0 fully saturated rings. The molecule has 94 valence electrons. The smallest absolute Gasteiger partial charge is 0.131 e. The van der Waals surface area contributed by atoms with Crippen LogP contribution in [-0.2, 0) is 11.3 Å². The third kappa shape index (κ3) is 4.65. The first kappa shape index (κ1) is 13.8. The minimum Gasteiger partial charge on any atom is -0.300 e. The van der Waals surface area contributed by atoms with Crippen molar-refractivity contribution in [3.8, 4) is 0 Å². The fourth-order valence-electron chi connectivity index (χ4n) is 2.02. The number of ketones is 1. The van der Waals surface area contributed by atoms with E-state index in [2.05, 4.69) is 23.7 Å². The van der Waals surface area contributed by atoms with E-state index in [4.69, 9.17) is 0 Å². The molecular weight excluding hydrogens is 212 g/mol. The maximum atomic E-state index is 11.1. The van der Waals surface area contributed by atoms with Gasteiger partial charge in [-0.3, -0.25) is 14.7 Å². The van der Waals surface area contributed by atoms with Crippen LogP contribution in [0, 0.1) is 6.92 Å². The SMILES string of the molecule is CCN(Cc1cccc(C)n1)C(C)CC(C)=O. The molecule has 0 aliphatic carbocycles. The molecule has 0 radical (unpaired) electrons. The predicted octanol–water partition coefficient (Wildman–Crippen LogP) is 2.58. The van der Waals surface area contributed by atoms with Crippen LogP contribution in [0.5, 0.6) is 0 Å². The van der Waals surface area contributed by atoms with Crippen LogP contribution in [-0.4, -0.2) is 28.3 Å². The molecule has 1 aromatic heterocycles. The Morgan fingerprint density at radius 3 is 2.71 bits per heavy atom. The van der Waals surface area contributed by atoms with Crippen molar-refractivity contribution in [1.29, 1.82) is 0 Å². The van der Waals surface area contributed by atoms with Gasteiger partial charge in [-0.05, 0) is 39.4 Å². The molecule has 0 aliphatic rings. The molecule has 3 heteroatoms. The van der Waals surface area contributed by atoms with Crippen molar-refractivity contribution in [2.75, 3.05) is 6.54 Å². The number of hydrogen-bond acceptors (Lipinski definition) is 3. The Bertz CT molecular complexity index is 376. The zero-order chi connectivity index (χ0) is 12.8. The van der Waals surface area contributed by atoms with Crippen LogP contribution < -0.4 is 0 Å². The van der Waals surface area contributed by atoms with E-state index in [0.717, 1.165) is 24.5 Å². The Morgan fingerprint density at radius 1 is 1.47 bits per heavy atom. The van der Waals surface area contributed by atoms with E-state index < -0.39 is 0 Å². The molecule has 1 aromatic rings. The molecule has 1 heterocycles.